The Bertz CT molecular complexity index is 430. The van der Waals surface area contributed by atoms with Crippen LogP contribution in [0, 0.1) is 0 Å². The fraction of sp³-hybridized carbons (Fsp3) is 0.500. The average Bonchev–Trinajstić information content (AvgIpc) is 2.41. The highest BCUT2D eigenvalue weighted by Crippen LogP contribution is 2.33. The van der Waals surface area contributed by atoms with Crippen LogP contribution in [0.15, 0.2) is 24.8 Å². The maximum atomic E-state index is 9.26. The van der Waals surface area contributed by atoms with E-state index >= 15 is 0 Å². The lowest BCUT2D eigenvalue weighted by atomic mass is 10.1. The van der Waals surface area contributed by atoms with E-state index in [-0.39, 0.29) is 6.10 Å². The molecule has 20 heavy (non-hydrogen) atoms. The van der Waals surface area contributed by atoms with Crippen molar-refractivity contribution in [1.29, 1.82) is 0 Å². The van der Waals surface area contributed by atoms with Crippen LogP contribution in [-0.2, 0) is 13.0 Å². The molecule has 1 atom stereocenters. The molecule has 0 unspecified atom stereocenters. The van der Waals surface area contributed by atoms with Gasteiger partial charge in [0.1, 0.15) is 0 Å². The second kappa shape index (κ2) is 8.61. The lowest BCUT2D eigenvalue weighted by Crippen LogP contribution is -2.23. The fourth-order valence-corrected chi connectivity index (χ4v) is 2.02. The smallest absolute Gasteiger partial charge is 0.164 e. The molecule has 0 spiro atoms. The first-order valence-corrected chi connectivity index (χ1v) is 6.94. The van der Waals surface area contributed by atoms with Crippen molar-refractivity contribution < 1.29 is 14.6 Å². The zero-order valence-corrected chi connectivity index (χ0v) is 12.6. The highest BCUT2D eigenvalue weighted by Gasteiger charge is 2.12. The number of hydrogen-bond acceptors (Lipinski definition) is 4. The molecule has 0 bridgehead atoms. The molecular weight excluding hydrogens is 254 g/mol. The summed E-state index contributed by atoms with van der Waals surface area (Å²) in [4.78, 5) is 0. The maximum Gasteiger partial charge on any atom is 0.164 e. The molecule has 1 aromatic rings. The van der Waals surface area contributed by atoms with Gasteiger partial charge in [0.15, 0.2) is 11.5 Å². The van der Waals surface area contributed by atoms with Crippen molar-refractivity contribution in [2.24, 2.45) is 0 Å². The van der Waals surface area contributed by atoms with Gasteiger partial charge in [-0.05, 0) is 31.9 Å². The second-order valence-corrected chi connectivity index (χ2v) is 4.69. The Morgan fingerprint density at radius 3 is 2.75 bits per heavy atom. The Hall–Kier alpha value is -1.52. The predicted octanol–water partition coefficient (Wildman–Crippen LogP) is 2.29. The summed E-state index contributed by atoms with van der Waals surface area (Å²) in [6.07, 6.45) is 2.23. The molecule has 112 valence electrons. The largest absolute Gasteiger partial charge is 0.493 e. The lowest BCUT2D eigenvalue weighted by molar-refractivity contribution is 0.191. The number of methoxy groups -OCH3 is 1. The van der Waals surface area contributed by atoms with Crippen LogP contribution in [0.3, 0.4) is 0 Å². The minimum Gasteiger partial charge on any atom is -0.493 e. The topological polar surface area (TPSA) is 50.7 Å². The number of rotatable bonds is 9. The molecule has 0 fully saturated rings. The minimum atomic E-state index is -0.354. The van der Waals surface area contributed by atoms with Gasteiger partial charge in [0.05, 0.1) is 19.8 Å². The fourth-order valence-electron chi connectivity index (χ4n) is 2.02. The van der Waals surface area contributed by atoms with Gasteiger partial charge in [0, 0.05) is 18.7 Å². The predicted molar refractivity (Wildman–Crippen MR) is 81.5 cm³/mol. The van der Waals surface area contributed by atoms with Gasteiger partial charge in [-0.15, -0.1) is 6.58 Å². The number of allylic oxidation sites excluding steroid dienone is 1. The molecule has 0 amide bonds. The Balaban J connectivity index is 2.96. The quantitative estimate of drug-likeness (QED) is 0.681. The summed E-state index contributed by atoms with van der Waals surface area (Å²) in [5.74, 6) is 1.52. The molecule has 1 aromatic carbocycles. The summed E-state index contributed by atoms with van der Waals surface area (Å²) in [6, 6.07) is 4.05. The molecule has 0 aliphatic heterocycles. The molecule has 4 nitrogen and oxygen atoms in total. The van der Waals surface area contributed by atoms with Gasteiger partial charge in [-0.3, -0.25) is 0 Å². The summed E-state index contributed by atoms with van der Waals surface area (Å²) in [7, 11) is 1.64. The summed E-state index contributed by atoms with van der Waals surface area (Å²) in [6.45, 7) is 9.33. The van der Waals surface area contributed by atoms with Crippen LogP contribution in [0.1, 0.15) is 25.0 Å². The molecular formula is C16H25NO3. The Kier molecular flexibility index (Phi) is 7.12. The van der Waals surface area contributed by atoms with E-state index in [2.05, 4.69) is 18.0 Å². The van der Waals surface area contributed by atoms with Gasteiger partial charge >= 0.3 is 0 Å². The second-order valence-electron chi connectivity index (χ2n) is 4.69. The van der Waals surface area contributed by atoms with E-state index in [9.17, 15) is 5.11 Å². The molecule has 2 N–H and O–H groups in total. The SMILES string of the molecule is C=CCc1cc(CNC[C@H](C)O)cc(OC)c1OCC. The van der Waals surface area contributed by atoms with Crippen molar-refractivity contribution in [1.82, 2.24) is 5.32 Å². The molecule has 4 heteroatoms. The van der Waals surface area contributed by atoms with Crippen molar-refractivity contribution in [3.8, 4) is 11.5 Å². The number of aliphatic hydroxyl groups excluding tert-OH is 1. The first-order chi connectivity index (χ1) is 9.62. The third-order valence-electron chi connectivity index (χ3n) is 2.83. The van der Waals surface area contributed by atoms with Gasteiger partial charge in [-0.2, -0.15) is 0 Å². The van der Waals surface area contributed by atoms with Gasteiger partial charge in [0.25, 0.3) is 0 Å². The van der Waals surface area contributed by atoms with Gasteiger partial charge in [-0.25, -0.2) is 0 Å². The van der Waals surface area contributed by atoms with E-state index in [1.54, 1.807) is 14.0 Å². The number of ether oxygens (including phenoxy) is 2. The third-order valence-corrected chi connectivity index (χ3v) is 2.83. The summed E-state index contributed by atoms with van der Waals surface area (Å²) in [5.41, 5.74) is 2.16. The van der Waals surface area contributed by atoms with E-state index in [0.717, 1.165) is 29.0 Å². The van der Waals surface area contributed by atoms with E-state index in [1.165, 1.54) is 0 Å². The van der Waals surface area contributed by atoms with E-state index in [0.29, 0.717) is 19.7 Å². The van der Waals surface area contributed by atoms with Crippen LogP contribution >= 0.6 is 0 Å². The number of benzene rings is 1. The molecule has 0 radical (unpaired) electrons. The van der Waals surface area contributed by atoms with Crippen molar-refractivity contribution >= 4 is 0 Å². The van der Waals surface area contributed by atoms with E-state index < -0.39 is 0 Å². The highest BCUT2D eigenvalue weighted by molar-refractivity contribution is 5.50. The van der Waals surface area contributed by atoms with Gasteiger partial charge in [0.2, 0.25) is 0 Å². The standard InChI is InChI=1S/C16H25NO3/c1-5-7-14-8-13(11-17-10-12(3)18)9-15(19-4)16(14)20-6-2/h5,8-9,12,17-18H,1,6-7,10-11H2,2-4H3/t12-/m0/s1. The normalized spacial score (nSPS) is 12.0. The van der Waals surface area contributed by atoms with Crippen LogP contribution in [0.2, 0.25) is 0 Å². The number of aliphatic hydroxyl groups is 1. The molecule has 0 saturated carbocycles. The average molecular weight is 279 g/mol. The zero-order valence-electron chi connectivity index (χ0n) is 12.6. The molecule has 0 heterocycles. The number of nitrogens with one attached hydrogen (secondary N) is 1. The van der Waals surface area contributed by atoms with Crippen LogP contribution in [-0.4, -0.2) is 31.5 Å². The summed E-state index contributed by atoms with van der Waals surface area (Å²) >= 11 is 0. The van der Waals surface area contributed by atoms with E-state index in [1.807, 2.05) is 19.1 Å². The van der Waals surface area contributed by atoms with Gasteiger partial charge in [-0.1, -0.05) is 12.1 Å². The first-order valence-electron chi connectivity index (χ1n) is 6.94. The molecule has 0 saturated heterocycles. The summed E-state index contributed by atoms with van der Waals surface area (Å²) in [5, 5.41) is 12.5. The van der Waals surface area contributed by atoms with Crippen molar-refractivity contribution in [2.45, 2.75) is 32.9 Å². The van der Waals surface area contributed by atoms with Crippen LogP contribution in [0.25, 0.3) is 0 Å². The van der Waals surface area contributed by atoms with Crippen LogP contribution in [0.4, 0.5) is 0 Å². The Morgan fingerprint density at radius 2 is 2.20 bits per heavy atom. The maximum absolute atomic E-state index is 9.26. The minimum absolute atomic E-state index is 0.354. The monoisotopic (exact) mass is 279 g/mol. The molecule has 0 aliphatic rings. The van der Waals surface area contributed by atoms with Crippen molar-refractivity contribution in [2.75, 3.05) is 20.3 Å². The van der Waals surface area contributed by atoms with Crippen LogP contribution in [0.5, 0.6) is 11.5 Å². The molecule has 1 rings (SSSR count). The summed E-state index contributed by atoms with van der Waals surface area (Å²) < 4.78 is 11.1. The highest BCUT2D eigenvalue weighted by atomic mass is 16.5. The Morgan fingerprint density at radius 1 is 1.45 bits per heavy atom. The first kappa shape index (κ1) is 16.5. The third kappa shape index (κ3) is 4.87. The lowest BCUT2D eigenvalue weighted by Gasteiger charge is -2.16. The molecule has 0 aliphatic carbocycles. The van der Waals surface area contributed by atoms with Crippen LogP contribution < -0.4 is 14.8 Å². The molecule has 0 aromatic heterocycles. The van der Waals surface area contributed by atoms with Gasteiger partial charge < -0.3 is 19.9 Å². The zero-order chi connectivity index (χ0) is 15.0. The van der Waals surface area contributed by atoms with Crippen molar-refractivity contribution in [3.05, 3.63) is 35.9 Å². The van der Waals surface area contributed by atoms with E-state index in [4.69, 9.17) is 9.47 Å². The Labute approximate surface area is 121 Å². The number of hydrogen-bond donors (Lipinski definition) is 2. The van der Waals surface area contributed by atoms with Crippen molar-refractivity contribution in [3.63, 3.8) is 0 Å².